The maximum atomic E-state index is 2.38. The molecule has 2 nitrogen and oxygen atoms in total. The molecular formula is C31H24N2. The van der Waals surface area contributed by atoms with Gasteiger partial charge in [0.15, 0.2) is 0 Å². The van der Waals surface area contributed by atoms with Gasteiger partial charge in [-0.1, -0.05) is 78.9 Å². The molecule has 0 unspecified atom stereocenters. The second-order valence-corrected chi connectivity index (χ2v) is 8.36. The number of hydrogen-bond acceptors (Lipinski definition) is 1. The Morgan fingerprint density at radius 2 is 1.15 bits per heavy atom. The fourth-order valence-electron chi connectivity index (χ4n) is 4.70. The molecule has 33 heavy (non-hydrogen) atoms. The first kappa shape index (κ1) is 19.4. The third kappa shape index (κ3) is 3.37. The highest BCUT2D eigenvalue weighted by Crippen LogP contribution is 2.36. The average molecular weight is 425 g/mol. The van der Waals surface area contributed by atoms with Gasteiger partial charge in [-0.15, -0.1) is 0 Å². The van der Waals surface area contributed by atoms with Gasteiger partial charge in [0.1, 0.15) is 0 Å². The van der Waals surface area contributed by atoms with Gasteiger partial charge in [-0.3, -0.25) is 0 Å². The molecule has 0 aliphatic heterocycles. The van der Waals surface area contributed by atoms with E-state index in [0.717, 1.165) is 0 Å². The topological polar surface area (TPSA) is 8.17 Å². The molecule has 0 spiro atoms. The molecule has 6 rings (SSSR count). The minimum absolute atomic E-state index is 1.17. The summed E-state index contributed by atoms with van der Waals surface area (Å²) in [5.74, 6) is 0. The first-order valence-electron chi connectivity index (χ1n) is 11.3. The summed E-state index contributed by atoms with van der Waals surface area (Å²) in [6.07, 6.45) is 0. The van der Waals surface area contributed by atoms with E-state index < -0.39 is 0 Å². The summed E-state index contributed by atoms with van der Waals surface area (Å²) in [5.41, 5.74) is 8.41. The lowest BCUT2D eigenvalue weighted by molar-refractivity contribution is 1.18. The lowest BCUT2D eigenvalue weighted by Gasteiger charge is -2.19. The summed E-state index contributed by atoms with van der Waals surface area (Å²) in [5, 5.41) is 2.52. The zero-order valence-electron chi connectivity index (χ0n) is 18.5. The monoisotopic (exact) mass is 424 g/mol. The van der Waals surface area contributed by atoms with Gasteiger partial charge in [0.05, 0.1) is 11.0 Å². The van der Waals surface area contributed by atoms with Crippen LogP contribution in [0.1, 0.15) is 0 Å². The van der Waals surface area contributed by atoms with E-state index in [4.69, 9.17) is 0 Å². The van der Waals surface area contributed by atoms with Gasteiger partial charge >= 0.3 is 0 Å². The molecule has 5 aromatic carbocycles. The van der Waals surface area contributed by atoms with Crippen LogP contribution in [0.25, 0.3) is 38.6 Å². The van der Waals surface area contributed by atoms with Crippen molar-refractivity contribution in [3.8, 4) is 16.8 Å². The van der Waals surface area contributed by atoms with Crippen LogP contribution in [0.4, 0.5) is 11.4 Å². The van der Waals surface area contributed by atoms with Crippen LogP contribution in [0, 0.1) is 0 Å². The summed E-state index contributed by atoms with van der Waals surface area (Å²) < 4.78 is 2.38. The quantitative estimate of drug-likeness (QED) is 0.277. The molecule has 0 amide bonds. The molecule has 0 bridgehead atoms. The van der Waals surface area contributed by atoms with Crippen molar-refractivity contribution in [1.82, 2.24) is 4.57 Å². The van der Waals surface area contributed by atoms with E-state index in [2.05, 4.69) is 144 Å². The SMILES string of the molecule is CN(c1ccccc1)c1ccc2c(c1)c1ccccc1n2-c1cccc(-c2ccccc2)c1. The number of anilines is 2. The number of fused-ring (bicyclic) bond motifs is 3. The largest absolute Gasteiger partial charge is 0.345 e. The third-order valence-electron chi connectivity index (χ3n) is 6.40. The Morgan fingerprint density at radius 3 is 1.97 bits per heavy atom. The second kappa shape index (κ2) is 7.99. The average Bonchev–Trinajstić information content (AvgIpc) is 3.23. The summed E-state index contributed by atoms with van der Waals surface area (Å²) >= 11 is 0. The Morgan fingerprint density at radius 1 is 0.485 bits per heavy atom. The van der Waals surface area contributed by atoms with Crippen molar-refractivity contribution < 1.29 is 0 Å². The van der Waals surface area contributed by atoms with Gasteiger partial charge in [-0.2, -0.15) is 0 Å². The number of nitrogens with zero attached hydrogens (tertiary/aromatic N) is 2. The third-order valence-corrected chi connectivity index (χ3v) is 6.40. The minimum Gasteiger partial charge on any atom is -0.345 e. The maximum Gasteiger partial charge on any atom is 0.0542 e. The predicted octanol–water partition coefficient (Wildman–Crippen LogP) is 8.22. The van der Waals surface area contributed by atoms with Crippen molar-refractivity contribution >= 4 is 33.2 Å². The smallest absolute Gasteiger partial charge is 0.0542 e. The van der Waals surface area contributed by atoms with E-state index in [-0.39, 0.29) is 0 Å². The molecule has 0 atom stereocenters. The Hall–Kier alpha value is -4.30. The molecule has 1 aromatic heterocycles. The standard InChI is InChI=1S/C31H24N2/c1-32(25-14-6-3-7-15-25)26-19-20-31-29(22-26)28-17-8-9-18-30(28)33(31)27-16-10-13-24(21-27)23-11-4-2-5-12-23/h2-22H,1H3. The molecule has 6 aromatic rings. The van der Waals surface area contributed by atoms with Gasteiger partial charge < -0.3 is 9.47 Å². The molecule has 0 aliphatic carbocycles. The van der Waals surface area contributed by atoms with Crippen molar-refractivity contribution in [2.45, 2.75) is 0 Å². The van der Waals surface area contributed by atoms with Gasteiger partial charge in [-0.05, 0) is 59.7 Å². The van der Waals surface area contributed by atoms with Crippen molar-refractivity contribution in [3.63, 3.8) is 0 Å². The summed E-state index contributed by atoms with van der Waals surface area (Å²) in [7, 11) is 2.12. The molecule has 2 heteroatoms. The fourth-order valence-corrected chi connectivity index (χ4v) is 4.70. The van der Waals surface area contributed by atoms with E-state index in [0.29, 0.717) is 0 Å². The Labute approximate surface area is 194 Å². The summed E-state index contributed by atoms with van der Waals surface area (Å²) in [6.45, 7) is 0. The normalized spacial score (nSPS) is 11.2. The minimum atomic E-state index is 1.17. The zero-order chi connectivity index (χ0) is 22.2. The molecule has 0 radical (unpaired) electrons. The van der Waals surface area contributed by atoms with Crippen LogP contribution in [0.15, 0.2) is 127 Å². The van der Waals surface area contributed by atoms with Crippen molar-refractivity contribution in [3.05, 3.63) is 127 Å². The molecule has 158 valence electrons. The van der Waals surface area contributed by atoms with Gasteiger partial charge in [0, 0.05) is 34.9 Å². The van der Waals surface area contributed by atoms with Crippen molar-refractivity contribution in [1.29, 1.82) is 0 Å². The number of para-hydroxylation sites is 2. The highest BCUT2D eigenvalue weighted by Gasteiger charge is 2.14. The fraction of sp³-hybridized carbons (Fsp3) is 0.0323. The second-order valence-electron chi connectivity index (χ2n) is 8.36. The Bertz CT molecular complexity index is 1560. The first-order valence-corrected chi connectivity index (χ1v) is 11.3. The zero-order valence-corrected chi connectivity index (χ0v) is 18.5. The molecule has 0 aliphatic rings. The van der Waals surface area contributed by atoms with E-state index >= 15 is 0 Å². The Balaban J connectivity index is 1.55. The van der Waals surface area contributed by atoms with Crippen LogP contribution >= 0.6 is 0 Å². The van der Waals surface area contributed by atoms with Crippen LogP contribution < -0.4 is 4.90 Å². The highest BCUT2D eigenvalue weighted by molar-refractivity contribution is 6.10. The number of rotatable bonds is 4. The van der Waals surface area contributed by atoms with Gasteiger partial charge in [0.2, 0.25) is 0 Å². The predicted molar refractivity (Wildman–Crippen MR) is 141 cm³/mol. The van der Waals surface area contributed by atoms with Crippen molar-refractivity contribution in [2.75, 3.05) is 11.9 Å². The van der Waals surface area contributed by atoms with Crippen molar-refractivity contribution in [2.24, 2.45) is 0 Å². The summed E-state index contributed by atoms with van der Waals surface area (Å²) in [6, 6.07) is 45.3. The number of aromatic nitrogens is 1. The highest BCUT2D eigenvalue weighted by atomic mass is 15.1. The van der Waals surface area contributed by atoms with Crippen LogP contribution in [0.5, 0.6) is 0 Å². The maximum absolute atomic E-state index is 2.38. The molecule has 0 saturated heterocycles. The number of benzene rings is 5. The molecule has 0 N–H and O–H groups in total. The van der Waals surface area contributed by atoms with E-state index in [1.54, 1.807) is 0 Å². The lowest BCUT2D eigenvalue weighted by Crippen LogP contribution is -2.08. The lowest BCUT2D eigenvalue weighted by atomic mass is 10.1. The summed E-state index contributed by atoms with van der Waals surface area (Å²) in [4.78, 5) is 2.24. The van der Waals surface area contributed by atoms with Gasteiger partial charge in [-0.25, -0.2) is 0 Å². The molecule has 1 heterocycles. The van der Waals surface area contributed by atoms with Crippen LogP contribution in [-0.4, -0.2) is 11.6 Å². The van der Waals surface area contributed by atoms with E-state index in [1.807, 2.05) is 0 Å². The first-order chi connectivity index (χ1) is 16.3. The molecule has 0 fully saturated rings. The van der Waals surface area contributed by atoms with Gasteiger partial charge in [0.25, 0.3) is 0 Å². The Kier molecular flexibility index (Phi) is 4.70. The van der Waals surface area contributed by atoms with Crippen LogP contribution in [0.2, 0.25) is 0 Å². The van der Waals surface area contributed by atoms with E-state index in [9.17, 15) is 0 Å². The molecular weight excluding hydrogens is 400 g/mol. The van der Waals surface area contributed by atoms with Crippen LogP contribution in [-0.2, 0) is 0 Å². The van der Waals surface area contributed by atoms with E-state index in [1.165, 1.54) is 50.0 Å². The molecule has 0 saturated carbocycles. The van der Waals surface area contributed by atoms with Crippen LogP contribution in [0.3, 0.4) is 0 Å². The number of hydrogen-bond donors (Lipinski definition) is 0.